The molecule has 1 saturated carbocycles. The number of carbonyl (C=O) groups is 2. The molecule has 1 aliphatic carbocycles. The van der Waals surface area contributed by atoms with Crippen LogP contribution in [-0.4, -0.2) is 98.5 Å². The van der Waals surface area contributed by atoms with E-state index in [0.717, 1.165) is 52.0 Å². The quantitative estimate of drug-likeness (QED) is 0.648. The summed E-state index contributed by atoms with van der Waals surface area (Å²) in [5.41, 5.74) is 0.330. The minimum atomic E-state index is -0.143. The van der Waals surface area contributed by atoms with E-state index in [-0.39, 0.29) is 12.1 Å². The molecule has 0 aromatic carbocycles. The maximum absolute atomic E-state index is 12.6. The van der Waals surface area contributed by atoms with E-state index in [0.29, 0.717) is 43.2 Å². The van der Waals surface area contributed by atoms with Crippen molar-refractivity contribution in [3.05, 3.63) is 0 Å². The standard InChI is InChI=1S/C23H40N4O4/c1-3-31-22(29)26-13-8-23(17-26)15-19(16-23)25-11-6-18(7-12-25)20-5-4-10-27(20)21(28)24-9-14-30-2/h18-20H,3-17H2,1-2H3,(H,24,28)/t19?,20-,23?/m0/s1. The molecule has 3 amide bonds. The van der Waals surface area contributed by atoms with Gasteiger partial charge in [0.25, 0.3) is 0 Å². The van der Waals surface area contributed by atoms with Gasteiger partial charge in [-0.3, -0.25) is 0 Å². The molecule has 0 unspecified atom stereocenters. The number of likely N-dealkylation sites (tertiary alicyclic amines) is 3. The van der Waals surface area contributed by atoms with Crippen LogP contribution in [0.25, 0.3) is 0 Å². The average molecular weight is 437 g/mol. The fourth-order valence-corrected chi connectivity index (χ4v) is 6.40. The smallest absolute Gasteiger partial charge is 0.409 e. The van der Waals surface area contributed by atoms with Gasteiger partial charge in [0.15, 0.2) is 0 Å². The van der Waals surface area contributed by atoms with Gasteiger partial charge in [-0.15, -0.1) is 0 Å². The van der Waals surface area contributed by atoms with E-state index in [1.165, 1.54) is 25.7 Å². The van der Waals surface area contributed by atoms with Crippen LogP contribution in [0, 0.1) is 11.3 Å². The van der Waals surface area contributed by atoms with E-state index in [1.54, 1.807) is 7.11 Å². The zero-order chi connectivity index (χ0) is 21.8. The second-order valence-electron chi connectivity index (χ2n) is 9.93. The first-order valence-electron chi connectivity index (χ1n) is 12.2. The van der Waals surface area contributed by atoms with Crippen LogP contribution in [0.5, 0.6) is 0 Å². The molecular weight excluding hydrogens is 396 g/mol. The van der Waals surface area contributed by atoms with Gasteiger partial charge in [-0.25, -0.2) is 9.59 Å². The van der Waals surface area contributed by atoms with Crippen molar-refractivity contribution in [2.75, 3.05) is 59.6 Å². The highest BCUT2D eigenvalue weighted by Crippen LogP contribution is 2.51. The van der Waals surface area contributed by atoms with Crippen LogP contribution in [-0.2, 0) is 9.47 Å². The highest BCUT2D eigenvalue weighted by atomic mass is 16.6. The first kappa shape index (κ1) is 22.6. The predicted octanol–water partition coefficient (Wildman–Crippen LogP) is 2.53. The van der Waals surface area contributed by atoms with Crippen molar-refractivity contribution in [2.24, 2.45) is 11.3 Å². The minimum absolute atomic E-state index is 0.0790. The summed E-state index contributed by atoms with van der Waals surface area (Å²) in [5.74, 6) is 0.617. The number of amides is 3. The van der Waals surface area contributed by atoms with E-state index in [2.05, 4.69) is 15.1 Å². The Morgan fingerprint density at radius 1 is 1.10 bits per heavy atom. The lowest BCUT2D eigenvalue weighted by Gasteiger charge is -2.52. The van der Waals surface area contributed by atoms with Gasteiger partial charge < -0.3 is 29.5 Å². The van der Waals surface area contributed by atoms with E-state index in [1.807, 2.05) is 11.8 Å². The summed E-state index contributed by atoms with van der Waals surface area (Å²) in [5, 5.41) is 3.00. The Labute approximate surface area is 186 Å². The molecule has 3 saturated heterocycles. The summed E-state index contributed by atoms with van der Waals surface area (Å²) >= 11 is 0. The van der Waals surface area contributed by atoms with Gasteiger partial charge in [0.1, 0.15) is 0 Å². The number of carbonyl (C=O) groups excluding carboxylic acids is 2. The average Bonchev–Trinajstić information content (AvgIpc) is 3.41. The monoisotopic (exact) mass is 436 g/mol. The first-order valence-corrected chi connectivity index (χ1v) is 12.2. The van der Waals surface area contributed by atoms with Gasteiger partial charge in [0.2, 0.25) is 0 Å². The van der Waals surface area contributed by atoms with Crippen molar-refractivity contribution in [3.63, 3.8) is 0 Å². The van der Waals surface area contributed by atoms with Crippen molar-refractivity contribution in [1.29, 1.82) is 0 Å². The lowest BCUT2D eigenvalue weighted by Crippen LogP contribution is -2.55. The van der Waals surface area contributed by atoms with E-state index < -0.39 is 0 Å². The molecule has 0 bridgehead atoms. The third-order valence-electron chi connectivity index (χ3n) is 8.08. The summed E-state index contributed by atoms with van der Waals surface area (Å²) < 4.78 is 10.2. The number of nitrogens with zero attached hydrogens (tertiary/aromatic N) is 3. The molecule has 31 heavy (non-hydrogen) atoms. The molecule has 176 valence electrons. The predicted molar refractivity (Wildman–Crippen MR) is 118 cm³/mol. The second-order valence-corrected chi connectivity index (χ2v) is 9.93. The SMILES string of the molecule is CCOC(=O)N1CCC2(CC(N3CCC([C@@H]4CCCN4C(=O)NCCOC)CC3)C2)C1. The van der Waals surface area contributed by atoms with Crippen LogP contribution in [0.2, 0.25) is 0 Å². The zero-order valence-electron chi connectivity index (χ0n) is 19.3. The van der Waals surface area contributed by atoms with E-state index in [4.69, 9.17) is 9.47 Å². The number of ether oxygens (including phenoxy) is 2. The van der Waals surface area contributed by atoms with Crippen LogP contribution >= 0.6 is 0 Å². The van der Waals surface area contributed by atoms with Gasteiger partial charge >= 0.3 is 12.1 Å². The van der Waals surface area contributed by atoms with Gasteiger partial charge in [-0.05, 0) is 76.3 Å². The van der Waals surface area contributed by atoms with Crippen LogP contribution in [0.15, 0.2) is 0 Å². The molecule has 8 nitrogen and oxygen atoms in total. The Balaban J connectivity index is 1.20. The summed E-state index contributed by atoms with van der Waals surface area (Å²) in [7, 11) is 1.66. The normalized spacial score (nSPS) is 31.8. The van der Waals surface area contributed by atoms with Crippen molar-refractivity contribution in [1.82, 2.24) is 20.0 Å². The molecule has 8 heteroatoms. The molecule has 0 aromatic rings. The number of hydrogen-bond donors (Lipinski definition) is 1. The van der Waals surface area contributed by atoms with E-state index >= 15 is 0 Å². The molecule has 4 aliphatic rings. The lowest BCUT2D eigenvalue weighted by atomic mass is 9.64. The fraction of sp³-hybridized carbons (Fsp3) is 0.913. The number of rotatable bonds is 6. The number of urea groups is 1. The third kappa shape index (κ3) is 4.95. The zero-order valence-corrected chi connectivity index (χ0v) is 19.3. The summed E-state index contributed by atoms with van der Waals surface area (Å²) in [6, 6.07) is 1.14. The molecule has 0 aromatic heterocycles. The summed E-state index contributed by atoms with van der Waals surface area (Å²) in [6.07, 6.45) is 8.03. The largest absolute Gasteiger partial charge is 0.450 e. The third-order valence-corrected chi connectivity index (χ3v) is 8.08. The highest BCUT2D eigenvalue weighted by molar-refractivity contribution is 5.74. The maximum atomic E-state index is 12.6. The Morgan fingerprint density at radius 3 is 2.58 bits per heavy atom. The number of piperidine rings is 1. The molecular formula is C23H40N4O4. The van der Waals surface area contributed by atoms with Crippen molar-refractivity contribution >= 4 is 12.1 Å². The summed E-state index contributed by atoms with van der Waals surface area (Å²) in [4.78, 5) is 31.2. The van der Waals surface area contributed by atoms with Crippen LogP contribution in [0.3, 0.4) is 0 Å². The van der Waals surface area contributed by atoms with Gasteiger partial charge in [0, 0.05) is 45.4 Å². The fourth-order valence-electron chi connectivity index (χ4n) is 6.40. The van der Waals surface area contributed by atoms with Crippen molar-refractivity contribution in [2.45, 2.75) is 64.0 Å². The molecule has 3 heterocycles. The van der Waals surface area contributed by atoms with Crippen LogP contribution in [0.1, 0.15) is 51.9 Å². The van der Waals surface area contributed by atoms with Crippen LogP contribution < -0.4 is 5.32 Å². The second kappa shape index (κ2) is 9.94. The molecule has 1 atom stereocenters. The molecule has 3 aliphatic heterocycles. The van der Waals surface area contributed by atoms with Gasteiger partial charge in [0.05, 0.1) is 13.2 Å². The topological polar surface area (TPSA) is 74.4 Å². The maximum Gasteiger partial charge on any atom is 0.409 e. The number of hydrogen-bond acceptors (Lipinski definition) is 5. The minimum Gasteiger partial charge on any atom is -0.450 e. The highest BCUT2D eigenvalue weighted by Gasteiger charge is 2.51. The Hall–Kier alpha value is -1.54. The molecule has 4 rings (SSSR count). The van der Waals surface area contributed by atoms with Crippen LogP contribution in [0.4, 0.5) is 9.59 Å². The Morgan fingerprint density at radius 2 is 1.87 bits per heavy atom. The lowest BCUT2D eigenvalue weighted by molar-refractivity contribution is -0.0144. The van der Waals surface area contributed by atoms with E-state index in [9.17, 15) is 9.59 Å². The molecule has 4 fully saturated rings. The molecule has 1 N–H and O–H groups in total. The molecule has 0 radical (unpaired) electrons. The number of nitrogens with one attached hydrogen (secondary N) is 1. The van der Waals surface area contributed by atoms with Gasteiger partial charge in [-0.1, -0.05) is 0 Å². The number of methoxy groups -OCH3 is 1. The summed E-state index contributed by atoms with van der Waals surface area (Å²) in [6.45, 7) is 8.33. The molecule has 1 spiro atoms. The Kier molecular flexibility index (Phi) is 7.26. The Bertz CT molecular complexity index is 631. The first-order chi connectivity index (χ1) is 15.0. The van der Waals surface area contributed by atoms with Gasteiger partial charge in [-0.2, -0.15) is 0 Å². The van der Waals surface area contributed by atoms with Crippen molar-refractivity contribution < 1.29 is 19.1 Å². The van der Waals surface area contributed by atoms with Crippen molar-refractivity contribution in [3.8, 4) is 0 Å².